The van der Waals surface area contributed by atoms with Gasteiger partial charge in [-0.1, -0.05) is 34.1 Å². The third kappa shape index (κ3) is 4.66. The van der Waals surface area contributed by atoms with Crippen LogP contribution >= 0.6 is 15.9 Å². The minimum Gasteiger partial charge on any atom is -0.362 e. The number of nitro groups is 1. The third-order valence-corrected chi connectivity index (χ3v) is 5.03. The van der Waals surface area contributed by atoms with E-state index in [2.05, 4.69) is 21.2 Å². The van der Waals surface area contributed by atoms with Gasteiger partial charge in [-0.3, -0.25) is 19.7 Å². The number of nitrogens with one attached hydrogen (secondary N) is 1. The Bertz CT molecular complexity index is 897. The van der Waals surface area contributed by atoms with Crippen molar-refractivity contribution in [1.29, 1.82) is 0 Å². The van der Waals surface area contributed by atoms with Crippen molar-refractivity contribution in [3.05, 3.63) is 68.7 Å². The molecule has 0 saturated carbocycles. The molecule has 1 N–H and O–H groups in total. The van der Waals surface area contributed by atoms with Crippen LogP contribution in [-0.4, -0.2) is 54.4 Å². The number of nitrogens with zero attached hydrogens (tertiary/aromatic N) is 3. The van der Waals surface area contributed by atoms with Gasteiger partial charge < -0.3 is 15.1 Å². The molecule has 2 aromatic rings. The van der Waals surface area contributed by atoms with E-state index in [-0.39, 0.29) is 24.0 Å². The summed E-state index contributed by atoms with van der Waals surface area (Å²) in [5.41, 5.74) is 1.09. The molecule has 0 spiro atoms. The minimum absolute atomic E-state index is 0.0589. The number of rotatable bonds is 5. The molecule has 0 radical (unpaired) electrons. The standard InChI is InChI=1S/C19H19BrN4O4/c20-15-5-3-4-14(12-15)19(26)21-13-18(25)23-10-8-22(9-11-23)16-6-1-2-7-17(16)24(27)28/h1-7,12H,8-11,13H2,(H,21,26). The van der Waals surface area contributed by atoms with E-state index in [1.54, 1.807) is 41.3 Å². The molecule has 1 aliphatic rings. The fraction of sp³-hybridized carbons (Fsp3) is 0.263. The second-order valence-corrected chi connectivity index (χ2v) is 7.22. The highest BCUT2D eigenvalue weighted by Crippen LogP contribution is 2.28. The molecular formula is C19H19BrN4O4. The average Bonchev–Trinajstić information content (AvgIpc) is 2.71. The molecule has 1 heterocycles. The first-order valence-corrected chi connectivity index (χ1v) is 9.55. The van der Waals surface area contributed by atoms with Crippen molar-refractivity contribution in [3.63, 3.8) is 0 Å². The second kappa shape index (κ2) is 8.83. The highest BCUT2D eigenvalue weighted by molar-refractivity contribution is 9.10. The van der Waals surface area contributed by atoms with Crippen LogP contribution in [0.3, 0.4) is 0 Å². The SMILES string of the molecule is O=C(NCC(=O)N1CCN(c2ccccc2[N+](=O)[O-])CC1)c1cccc(Br)c1. The van der Waals surface area contributed by atoms with Crippen molar-refractivity contribution in [2.45, 2.75) is 0 Å². The van der Waals surface area contributed by atoms with Crippen LogP contribution < -0.4 is 10.2 Å². The number of piperazine rings is 1. The van der Waals surface area contributed by atoms with Gasteiger partial charge in [-0.05, 0) is 24.3 Å². The molecule has 0 aromatic heterocycles. The maximum Gasteiger partial charge on any atom is 0.292 e. The molecule has 0 bridgehead atoms. The van der Waals surface area contributed by atoms with Crippen LogP contribution in [0.1, 0.15) is 10.4 Å². The van der Waals surface area contributed by atoms with Crippen molar-refractivity contribution in [3.8, 4) is 0 Å². The molecule has 0 atom stereocenters. The van der Waals surface area contributed by atoms with E-state index in [4.69, 9.17) is 0 Å². The van der Waals surface area contributed by atoms with Gasteiger partial charge in [0.2, 0.25) is 5.91 Å². The largest absolute Gasteiger partial charge is 0.362 e. The van der Waals surface area contributed by atoms with Crippen molar-refractivity contribution in [2.24, 2.45) is 0 Å². The van der Waals surface area contributed by atoms with E-state index in [0.29, 0.717) is 37.4 Å². The second-order valence-electron chi connectivity index (χ2n) is 6.31. The lowest BCUT2D eigenvalue weighted by molar-refractivity contribution is -0.384. The molecule has 0 aliphatic carbocycles. The van der Waals surface area contributed by atoms with Gasteiger partial charge >= 0.3 is 0 Å². The fourth-order valence-corrected chi connectivity index (χ4v) is 3.48. The zero-order chi connectivity index (χ0) is 20.1. The van der Waals surface area contributed by atoms with Gasteiger partial charge in [-0.15, -0.1) is 0 Å². The molecule has 28 heavy (non-hydrogen) atoms. The van der Waals surface area contributed by atoms with E-state index < -0.39 is 4.92 Å². The van der Waals surface area contributed by atoms with Crippen LogP contribution in [-0.2, 0) is 4.79 Å². The predicted octanol–water partition coefficient (Wildman–Crippen LogP) is 2.44. The quantitative estimate of drug-likeness (QED) is 0.561. The van der Waals surface area contributed by atoms with Crippen LogP contribution in [0.5, 0.6) is 0 Å². The van der Waals surface area contributed by atoms with E-state index >= 15 is 0 Å². The molecule has 146 valence electrons. The average molecular weight is 447 g/mol. The van der Waals surface area contributed by atoms with Gasteiger partial charge in [-0.25, -0.2) is 0 Å². The maximum atomic E-state index is 12.4. The fourth-order valence-electron chi connectivity index (χ4n) is 3.08. The number of hydrogen-bond acceptors (Lipinski definition) is 5. The summed E-state index contributed by atoms with van der Waals surface area (Å²) in [5.74, 6) is -0.487. The summed E-state index contributed by atoms with van der Waals surface area (Å²) in [6.07, 6.45) is 0. The number of hydrogen-bond donors (Lipinski definition) is 1. The number of halogens is 1. The molecule has 1 fully saturated rings. The molecule has 2 amide bonds. The molecule has 3 rings (SSSR count). The van der Waals surface area contributed by atoms with Crippen LogP contribution in [0.15, 0.2) is 53.0 Å². The smallest absolute Gasteiger partial charge is 0.292 e. The van der Waals surface area contributed by atoms with Crippen molar-refractivity contribution >= 4 is 39.1 Å². The van der Waals surface area contributed by atoms with E-state index in [9.17, 15) is 19.7 Å². The van der Waals surface area contributed by atoms with E-state index in [0.717, 1.165) is 4.47 Å². The summed E-state index contributed by atoms with van der Waals surface area (Å²) in [4.78, 5) is 38.9. The van der Waals surface area contributed by atoms with E-state index in [1.165, 1.54) is 6.07 Å². The summed E-state index contributed by atoms with van der Waals surface area (Å²) < 4.78 is 0.789. The Morgan fingerprint density at radius 1 is 1.07 bits per heavy atom. The normalized spacial score (nSPS) is 13.9. The highest BCUT2D eigenvalue weighted by Gasteiger charge is 2.25. The molecule has 0 unspecified atom stereocenters. The Kier molecular flexibility index (Phi) is 6.25. The Morgan fingerprint density at radius 2 is 1.79 bits per heavy atom. The number of amides is 2. The summed E-state index contributed by atoms with van der Waals surface area (Å²) >= 11 is 3.31. The number of carbonyl (C=O) groups excluding carboxylic acids is 2. The van der Waals surface area contributed by atoms with Crippen LogP contribution in [0.25, 0.3) is 0 Å². The number of carbonyl (C=O) groups is 2. The van der Waals surface area contributed by atoms with Gasteiger partial charge in [0.25, 0.3) is 11.6 Å². The Balaban J connectivity index is 1.53. The summed E-state index contributed by atoms with van der Waals surface area (Å²) in [7, 11) is 0. The van der Waals surface area contributed by atoms with Gasteiger partial charge in [0.1, 0.15) is 5.69 Å². The lowest BCUT2D eigenvalue weighted by Crippen LogP contribution is -2.51. The molecule has 2 aromatic carbocycles. The monoisotopic (exact) mass is 446 g/mol. The van der Waals surface area contributed by atoms with Crippen molar-refractivity contribution in [1.82, 2.24) is 10.2 Å². The van der Waals surface area contributed by atoms with Crippen LogP contribution in [0.4, 0.5) is 11.4 Å². The maximum absolute atomic E-state index is 12.4. The Hall–Kier alpha value is -2.94. The molecule has 1 aliphatic heterocycles. The topological polar surface area (TPSA) is 95.8 Å². The van der Waals surface area contributed by atoms with Gasteiger partial charge in [-0.2, -0.15) is 0 Å². The summed E-state index contributed by atoms with van der Waals surface area (Å²) in [6.45, 7) is 1.79. The van der Waals surface area contributed by atoms with Crippen LogP contribution in [0.2, 0.25) is 0 Å². The van der Waals surface area contributed by atoms with E-state index in [1.807, 2.05) is 11.0 Å². The van der Waals surface area contributed by atoms with Crippen molar-refractivity contribution in [2.75, 3.05) is 37.6 Å². The third-order valence-electron chi connectivity index (χ3n) is 4.54. The zero-order valence-corrected chi connectivity index (χ0v) is 16.6. The number of benzene rings is 2. The summed E-state index contributed by atoms with van der Waals surface area (Å²) in [5, 5.41) is 13.8. The lowest BCUT2D eigenvalue weighted by Gasteiger charge is -2.35. The van der Waals surface area contributed by atoms with Gasteiger partial charge in [0.15, 0.2) is 0 Å². The molecule has 8 nitrogen and oxygen atoms in total. The summed E-state index contributed by atoms with van der Waals surface area (Å²) in [6, 6.07) is 13.5. The molecular weight excluding hydrogens is 428 g/mol. The Morgan fingerprint density at radius 3 is 2.46 bits per heavy atom. The molecule has 9 heteroatoms. The zero-order valence-electron chi connectivity index (χ0n) is 15.0. The molecule has 1 saturated heterocycles. The lowest BCUT2D eigenvalue weighted by atomic mass is 10.2. The van der Waals surface area contributed by atoms with Gasteiger partial charge in [0.05, 0.1) is 11.5 Å². The first-order chi connectivity index (χ1) is 13.5. The number of para-hydroxylation sites is 2. The number of nitro benzene ring substituents is 1. The first kappa shape index (κ1) is 19.8. The van der Waals surface area contributed by atoms with Crippen LogP contribution in [0, 0.1) is 10.1 Å². The first-order valence-electron chi connectivity index (χ1n) is 8.75. The predicted molar refractivity (Wildman–Crippen MR) is 108 cm³/mol. The van der Waals surface area contributed by atoms with Crippen molar-refractivity contribution < 1.29 is 14.5 Å². The van der Waals surface area contributed by atoms with Gasteiger partial charge in [0, 0.05) is 42.3 Å². The minimum atomic E-state index is -0.398. The Labute approximate surface area is 170 Å². The number of anilines is 1. The highest BCUT2D eigenvalue weighted by atomic mass is 79.9.